The van der Waals surface area contributed by atoms with Crippen LogP contribution >= 0.6 is 0 Å². The third-order valence-electron chi connectivity index (χ3n) is 11.2. The number of phenolic OH excluding ortho intramolecular Hbond substituents is 3. The van der Waals surface area contributed by atoms with Crippen molar-refractivity contribution in [2.45, 2.75) is 76.4 Å². The van der Waals surface area contributed by atoms with Crippen LogP contribution in [0, 0.1) is 0 Å². The summed E-state index contributed by atoms with van der Waals surface area (Å²) < 4.78 is 23.9. The average molecular weight is 821 g/mol. The van der Waals surface area contributed by atoms with E-state index in [1.54, 1.807) is 30.3 Å². The van der Waals surface area contributed by atoms with Crippen LogP contribution in [0.25, 0.3) is 0 Å². The van der Waals surface area contributed by atoms with Gasteiger partial charge in [0.15, 0.2) is 11.2 Å². The van der Waals surface area contributed by atoms with E-state index in [-0.39, 0.29) is 28.8 Å². The van der Waals surface area contributed by atoms with Crippen molar-refractivity contribution in [1.29, 1.82) is 0 Å². The molecule has 2 heterocycles. The summed E-state index contributed by atoms with van der Waals surface area (Å²) in [7, 11) is 0. The molecule has 0 aromatic heterocycles. The molecule has 0 atom stereocenters. The van der Waals surface area contributed by atoms with Crippen molar-refractivity contribution in [3.63, 3.8) is 0 Å². The summed E-state index contributed by atoms with van der Waals surface area (Å²) in [6.07, 6.45) is 9.36. The second kappa shape index (κ2) is 19.1. The number of aromatic hydroxyl groups is 3. The highest BCUT2D eigenvalue weighted by Gasteiger charge is 2.50. The minimum Gasteiger partial charge on any atom is -0.508 e. The number of unbranched alkanes of at least 4 members (excludes halogenated alkanes) is 6. The Morgan fingerprint density at radius 1 is 0.443 bits per heavy atom. The number of esters is 2. The van der Waals surface area contributed by atoms with Crippen molar-refractivity contribution < 1.29 is 43.9 Å². The fraction of sp³-hybridized carbons (Fsp3) is 0.269. The van der Waals surface area contributed by atoms with E-state index < -0.39 is 17.2 Å². The number of benzene rings is 6. The number of rotatable bonds is 16. The zero-order chi connectivity index (χ0) is 42.8. The van der Waals surface area contributed by atoms with E-state index in [1.165, 1.54) is 74.9 Å². The van der Waals surface area contributed by atoms with Crippen LogP contribution < -0.4 is 9.47 Å². The van der Waals surface area contributed by atoms with Crippen molar-refractivity contribution in [3.8, 4) is 28.7 Å². The van der Waals surface area contributed by atoms with Crippen LogP contribution in [0.3, 0.4) is 0 Å². The van der Waals surface area contributed by atoms with E-state index in [0.717, 1.165) is 41.0 Å². The molecule has 3 N–H and O–H groups in total. The number of phenols is 3. The molecule has 0 radical (unpaired) electrons. The molecule has 2 aliphatic heterocycles. The van der Waals surface area contributed by atoms with Gasteiger partial charge >= 0.3 is 11.9 Å². The van der Waals surface area contributed by atoms with E-state index >= 15 is 0 Å². The minimum atomic E-state index is -1.22. The number of ether oxygens (including phenoxy) is 4. The van der Waals surface area contributed by atoms with Gasteiger partial charge in [0.25, 0.3) is 0 Å². The average Bonchev–Trinajstić information content (AvgIpc) is 3.75. The maximum Gasteiger partial charge on any atom is 0.340 e. The van der Waals surface area contributed by atoms with Crippen molar-refractivity contribution >= 4 is 11.9 Å². The summed E-state index contributed by atoms with van der Waals surface area (Å²) >= 11 is 0. The SMILES string of the molecule is CCCCCCOc1ccc(C2(c3ccc(OCCCCCC)cc3)OC(=O)c3ccccc32)cc1.O=C1OC(c2ccc(O)cc2)(c2ccc(O)cc2)c2ccc(O)cc21. The predicted octanol–water partition coefficient (Wildman–Crippen LogP) is 11.3. The van der Waals surface area contributed by atoms with Crippen LogP contribution in [-0.4, -0.2) is 40.5 Å². The Bertz CT molecular complexity index is 2300. The largest absolute Gasteiger partial charge is 0.508 e. The van der Waals surface area contributed by atoms with Gasteiger partial charge in [0.05, 0.1) is 24.3 Å². The number of cyclic esters (lactones) is 2. The van der Waals surface area contributed by atoms with Crippen LogP contribution in [0.5, 0.6) is 28.7 Å². The lowest BCUT2D eigenvalue weighted by Crippen LogP contribution is -2.29. The quantitative estimate of drug-likeness (QED) is 0.0645. The lowest BCUT2D eigenvalue weighted by atomic mass is 9.80. The van der Waals surface area contributed by atoms with E-state index in [2.05, 4.69) is 13.8 Å². The van der Waals surface area contributed by atoms with Gasteiger partial charge in [-0.1, -0.05) is 119 Å². The molecule has 0 spiro atoms. The summed E-state index contributed by atoms with van der Waals surface area (Å²) in [6.45, 7) is 5.83. The Morgan fingerprint density at radius 2 is 0.836 bits per heavy atom. The van der Waals surface area contributed by atoms with E-state index in [9.17, 15) is 24.9 Å². The molecule has 9 nitrogen and oxygen atoms in total. The Balaban J connectivity index is 0.000000196. The van der Waals surface area contributed by atoms with Gasteiger partial charge in [0, 0.05) is 33.4 Å². The molecule has 314 valence electrons. The summed E-state index contributed by atoms with van der Waals surface area (Å²) in [5.41, 5.74) is 3.19. The second-order valence-corrected chi connectivity index (χ2v) is 15.4. The van der Waals surface area contributed by atoms with E-state index in [1.807, 2.05) is 72.8 Å². The zero-order valence-corrected chi connectivity index (χ0v) is 34.6. The summed E-state index contributed by atoms with van der Waals surface area (Å²) in [5.74, 6) is 0.970. The molecule has 61 heavy (non-hydrogen) atoms. The predicted molar refractivity (Wildman–Crippen MR) is 234 cm³/mol. The van der Waals surface area contributed by atoms with Gasteiger partial charge in [-0.15, -0.1) is 0 Å². The van der Waals surface area contributed by atoms with E-state index in [4.69, 9.17) is 18.9 Å². The number of hydrogen-bond acceptors (Lipinski definition) is 9. The number of carbonyl (C=O) groups is 2. The third kappa shape index (κ3) is 8.92. The molecular weight excluding hydrogens is 769 g/mol. The third-order valence-corrected chi connectivity index (χ3v) is 11.2. The van der Waals surface area contributed by atoms with Crippen LogP contribution in [0.4, 0.5) is 0 Å². The normalized spacial score (nSPS) is 14.2. The van der Waals surface area contributed by atoms with Crippen molar-refractivity contribution in [2.24, 2.45) is 0 Å². The lowest BCUT2D eigenvalue weighted by molar-refractivity contribution is 0.0242. The molecule has 6 aromatic rings. The highest BCUT2D eigenvalue weighted by Crippen LogP contribution is 2.49. The van der Waals surface area contributed by atoms with Crippen LogP contribution in [0.15, 0.2) is 140 Å². The Hall–Kier alpha value is -6.74. The zero-order valence-electron chi connectivity index (χ0n) is 34.6. The molecule has 8 rings (SSSR count). The molecule has 0 saturated carbocycles. The summed E-state index contributed by atoms with van der Waals surface area (Å²) in [6, 6.07) is 40.9. The van der Waals surface area contributed by atoms with Gasteiger partial charge < -0.3 is 34.3 Å². The standard InChI is InChI=1S/C32H38O4.C20H14O5/c1-3-5-7-11-23-34-27-19-15-25(16-20-27)32(30-14-10-9-13-29(30)31(33)36-32)26-17-21-28(22-18-26)35-24-12-8-6-4-2;21-14-5-1-12(2-6-14)20(13-3-7-15(22)8-4-13)18-10-9-16(23)11-17(18)19(24)25-20/h9-10,13-22H,3-8,11-12,23-24H2,1-2H3;1-11,21-23H. The van der Waals surface area contributed by atoms with Crippen molar-refractivity contribution in [1.82, 2.24) is 0 Å². The minimum absolute atomic E-state index is 0.0251. The Labute approximate surface area is 357 Å². The first-order valence-electron chi connectivity index (χ1n) is 21.1. The van der Waals surface area contributed by atoms with Crippen molar-refractivity contribution in [3.05, 3.63) is 184 Å². The first-order valence-corrected chi connectivity index (χ1v) is 21.1. The highest BCUT2D eigenvalue weighted by molar-refractivity contribution is 5.97. The van der Waals surface area contributed by atoms with Crippen LogP contribution in [-0.2, 0) is 20.7 Å². The summed E-state index contributed by atoms with van der Waals surface area (Å²) in [4.78, 5) is 25.4. The number of hydrogen-bond donors (Lipinski definition) is 3. The number of fused-ring (bicyclic) bond motifs is 2. The lowest BCUT2D eigenvalue weighted by Gasteiger charge is -2.30. The van der Waals surface area contributed by atoms with Crippen molar-refractivity contribution in [2.75, 3.05) is 13.2 Å². The highest BCUT2D eigenvalue weighted by atomic mass is 16.6. The molecule has 0 saturated heterocycles. The number of carbonyl (C=O) groups excluding carboxylic acids is 2. The Morgan fingerprint density at radius 3 is 1.30 bits per heavy atom. The second-order valence-electron chi connectivity index (χ2n) is 15.4. The van der Waals surface area contributed by atoms with Crippen LogP contribution in [0.1, 0.15) is 119 Å². The van der Waals surface area contributed by atoms with Crippen LogP contribution in [0.2, 0.25) is 0 Å². The summed E-state index contributed by atoms with van der Waals surface area (Å²) in [5, 5.41) is 28.9. The first-order chi connectivity index (χ1) is 29.7. The molecule has 0 aliphatic carbocycles. The van der Waals surface area contributed by atoms with Gasteiger partial charge in [0.2, 0.25) is 0 Å². The molecule has 6 aromatic carbocycles. The van der Waals surface area contributed by atoms with Gasteiger partial charge in [0.1, 0.15) is 28.7 Å². The Kier molecular flexibility index (Phi) is 13.3. The topological polar surface area (TPSA) is 132 Å². The van der Waals surface area contributed by atoms with Gasteiger partial charge in [-0.25, -0.2) is 9.59 Å². The maximum absolute atomic E-state index is 12.9. The maximum atomic E-state index is 12.9. The van der Waals surface area contributed by atoms with E-state index in [0.29, 0.717) is 35.5 Å². The first kappa shape index (κ1) is 42.4. The fourth-order valence-electron chi connectivity index (χ4n) is 8.07. The molecule has 0 amide bonds. The molecular formula is C52H52O9. The molecule has 0 unspecified atom stereocenters. The fourth-order valence-corrected chi connectivity index (χ4v) is 8.07. The smallest absolute Gasteiger partial charge is 0.340 e. The van der Waals surface area contributed by atoms with Gasteiger partial charge in [-0.3, -0.25) is 0 Å². The molecule has 9 heteroatoms. The monoisotopic (exact) mass is 820 g/mol. The molecule has 0 fully saturated rings. The van der Waals surface area contributed by atoms with Gasteiger partial charge in [-0.2, -0.15) is 0 Å². The molecule has 2 aliphatic rings. The van der Waals surface area contributed by atoms with Gasteiger partial charge in [-0.05, 0) is 85.6 Å². The molecule has 0 bridgehead atoms.